The van der Waals surface area contributed by atoms with Crippen molar-refractivity contribution >= 4 is 17.7 Å². The average molecular weight is 832 g/mol. The summed E-state index contributed by atoms with van der Waals surface area (Å²) in [6.07, 6.45) is 4.38. The minimum absolute atomic E-state index is 0.0296. The number of ether oxygens (including phenoxy) is 1. The summed E-state index contributed by atoms with van der Waals surface area (Å²) >= 11 is 0. The molecule has 0 spiro atoms. The number of aliphatic hydroxyl groups is 2. The summed E-state index contributed by atoms with van der Waals surface area (Å²) in [5, 5.41) is 24.5. The first-order valence-electron chi connectivity index (χ1n) is 22.4. The number of amides is 1. The van der Waals surface area contributed by atoms with Gasteiger partial charge in [0.25, 0.3) is 5.91 Å². The lowest BCUT2D eigenvalue weighted by Gasteiger charge is -2.61. The first-order valence-corrected chi connectivity index (χ1v) is 22.4. The highest BCUT2D eigenvalue weighted by Gasteiger charge is 2.76. The summed E-state index contributed by atoms with van der Waals surface area (Å²) < 4.78 is 48.0. The van der Waals surface area contributed by atoms with Gasteiger partial charge < -0.3 is 19.8 Å². The van der Waals surface area contributed by atoms with Crippen LogP contribution in [0.5, 0.6) is 0 Å². The van der Waals surface area contributed by atoms with Crippen LogP contribution in [0.15, 0.2) is 54.1 Å². The minimum Gasteiger partial charge on any atom is -0.448 e. The van der Waals surface area contributed by atoms with Crippen molar-refractivity contribution in [2.75, 3.05) is 13.1 Å². The number of nitrogens with zero attached hydrogens (tertiary/aromatic N) is 1. The molecule has 60 heavy (non-hydrogen) atoms. The molecule has 0 aromatic heterocycles. The van der Waals surface area contributed by atoms with Crippen molar-refractivity contribution in [2.45, 2.75) is 155 Å². The number of carbonyl (C=O) groups is 3. The molecule has 6 bridgehead atoms. The van der Waals surface area contributed by atoms with Crippen molar-refractivity contribution in [1.29, 1.82) is 0 Å². The fourth-order valence-corrected chi connectivity index (χ4v) is 13.2. The van der Waals surface area contributed by atoms with E-state index in [2.05, 4.69) is 33.8 Å². The van der Waals surface area contributed by atoms with E-state index in [1.165, 1.54) is 12.1 Å². The molecule has 7 aliphatic carbocycles. The Morgan fingerprint density at radius 1 is 0.933 bits per heavy atom. The third-order valence-corrected chi connectivity index (χ3v) is 18.0. The van der Waals surface area contributed by atoms with Crippen LogP contribution >= 0.6 is 0 Å². The first-order chi connectivity index (χ1) is 28.0. The molecule has 10 rings (SSSR count). The Bertz CT molecular complexity index is 2110. The van der Waals surface area contributed by atoms with Crippen LogP contribution in [-0.4, -0.2) is 63.2 Å². The number of allylic oxidation sites excluding steroid dienone is 2. The molecule has 2 aromatic carbocycles. The van der Waals surface area contributed by atoms with Crippen LogP contribution in [-0.2, 0) is 26.9 Å². The number of carbonyl (C=O) groups excluding carboxylic acids is 3. The highest BCUT2D eigenvalue weighted by atomic mass is 19.4. The molecule has 5 saturated carbocycles. The van der Waals surface area contributed by atoms with Crippen molar-refractivity contribution in [1.82, 2.24) is 4.90 Å². The van der Waals surface area contributed by atoms with Crippen molar-refractivity contribution in [2.24, 2.45) is 39.4 Å². The molecule has 6 fully saturated rings. The van der Waals surface area contributed by atoms with Crippen molar-refractivity contribution < 1.29 is 42.5 Å². The third-order valence-electron chi connectivity index (χ3n) is 18.0. The van der Waals surface area contributed by atoms with Crippen LogP contribution in [0.25, 0.3) is 0 Å². The second kappa shape index (κ2) is 14.5. The Hall–Kier alpha value is -3.50. The van der Waals surface area contributed by atoms with Gasteiger partial charge in [-0.25, -0.2) is 0 Å². The quantitative estimate of drug-likeness (QED) is 0.164. The van der Waals surface area contributed by atoms with Gasteiger partial charge in [-0.2, -0.15) is 13.2 Å². The van der Waals surface area contributed by atoms with E-state index in [0.717, 1.165) is 37.0 Å². The SMILES string of the molecule is CC1=CCCC2(C)C(CCC2(O)CN(CC2CCC3CC2C3(C)C)C(=O)C23CCC(C)(C(=O)O2)C3(C)C)c2ccc(cc2C(=O)c2cccc(C(F)(F)F)c2)CC(O)CC1. The van der Waals surface area contributed by atoms with Gasteiger partial charge in [-0.15, -0.1) is 0 Å². The normalized spacial score (nSPS) is 36.8. The molecule has 1 aliphatic heterocycles. The van der Waals surface area contributed by atoms with Gasteiger partial charge in [0.2, 0.25) is 0 Å². The third kappa shape index (κ3) is 6.54. The lowest BCUT2D eigenvalue weighted by atomic mass is 9.45. The molecule has 10 heteroatoms. The van der Waals surface area contributed by atoms with Crippen molar-refractivity contribution in [3.8, 4) is 0 Å². The zero-order valence-corrected chi connectivity index (χ0v) is 36.5. The number of hydrogen-bond acceptors (Lipinski definition) is 6. The Morgan fingerprint density at radius 2 is 1.68 bits per heavy atom. The Labute approximate surface area is 353 Å². The molecule has 9 atom stereocenters. The summed E-state index contributed by atoms with van der Waals surface area (Å²) in [4.78, 5) is 45.5. The number of ketones is 1. The van der Waals surface area contributed by atoms with E-state index in [9.17, 15) is 33.0 Å². The van der Waals surface area contributed by atoms with Gasteiger partial charge in [-0.05, 0) is 149 Å². The number of aliphatic hydroxyl groups excluding tert-OH is 1. The monoisotopic (exact) mass is 831 g/mol. The molecule has 2 aromatic rings. The second-order valence-corrected chi connectivity index (χ2v) is 21.4. The molecule has 2 N–H and O–H groups in total. The van der Waals surface area contributed by atoms with Crippen LogP contribution in [0.1, 0.15) is 158 Å². The number of fused-ring (bicyclic) bond motifs is 12. The number of rotatable bonds is 7. The number of alkyl halides is 3. The minimum atomic E-state index is -4.63. The van der Waals surface area contributed by atoms with Gasteiger partial charge in [0.1, 0.15) is 0 Å². The summed E-state index contributed by atoms with van der Waals surface area (Å²) in [6.45, 7) is 15.1. The number of benzene rings is 2. The lowest BCUT2D eigenvalue weighted by molar-refractivity contribution is -0.181. The summed E-state index contributed by atoms with van der Waals surface area (Å²) in [6, 6.07) is 10.0. The lowest BCUT2D eigenvalue weighted by Crippen LogP contribution is -2.62. The molecule has 7 nitrogen and oxygen atoms in total. The fraction of sp³-hybridized carbons (Fsp3) is 0.660. The van der Waals surface area contributed by atoms with Crippen LogP contribution in [0.4, 0.5) is 13.2 Å². The molecule has 1 heterocycles. The highest BCUT2D eigenvalue weighted by Crippen LogP contribution is 2.67. The Morgan fingerprint density at radius 3 is 2.33 bits per heavy atom. The zero-order chi connectivity index (χ0) is 43.4. The van der Waals surface area contributed by atoms with E-state index in [1.54, 1.807) is 6.07 Å². The smallest absolute Gasteiger partial charge is 0.416 e. The van der Waals surface area contributed by atoms with E-state index in [4.69, 9.17) is 4.74 Å². The fourth-order valence-electron chi connectivity index (χ4n) is 13.2. The molecule has 1 saturated heterocycles. The maximum absolute atomic E-state index is 15.5. The van der Waals surface area contributed by atoms with E-state index in [-0.39, 0.29) is 47.3 Å². The predicted octanol–water partition coefficient (Wildman–Crippen LogP) is 10.00. The van der Waals surface area contributed by atoms with Gasteiger partial charge in [0.15, 0.2) is 11.4 Å². The topological polar surface area (TPSA) is 104 Å². The van der Waals surface area contributed by atoms with Gasteiger partial charge in [-0.1, -0.05) is 70.5 Å². The molecular formula is C50H64F3NO6. The summed E-state index contributed by atoms with van der Waals surface area (Å²) in [5.74, 6) is -0.201. The van der Waals surface area contributed by atoms with Gasteiger partial charge >= 0.3 is 12.1 Å². The average Bonchev–Trinajstić information content (AvgIpc) is 3.63. The van der Waals surface area contributed by atoms with Gasteiger partial charge in [0, 0.05) is 28.5 Å². The highest BCUT2D eigenvalue weighted by molar-refractivity contribution is 6.10. The first kappa shape index (κ1) is 43.2. The van der Waals surface area contributed by atoms with Gasteiger partial charge in [-0.3, -0.25) is 14.4 Å². The standard InChI is InChI=1S/C50H64F3NO6/c1-30-10-9-20-46(6)39(37-18-14-31(24-36(55)17-13-30)25-38(37)41(56)32-11-8-12-35(26-32)50(51,52)53)19-21-48(46,59)29-54(28-33-15-16-34-27-40(33)44(34,2)3)42(57)49-23-22-47(7,43(58)60-49)45(49,4)5/h8,10-12,14,18,25-26,33-34,36,39-40,55,59H,9,13,15-17,19-24,27-29H2,1-7H3. The number of hydrogen-bond donors (Lipinski definition) is 2. The maximum Gasteiger partial charge on any atom is 0.416 e. The molecule has 9 unspecified atom stereocenters. The molecule has 1 amide bonds. The summed E-state index contributed by atoms with van der Waals surface area (Å²) in [5.41, 5.74) is -3.34. The van der Waals surface area contributed by atoms with E-state index in [0.29, 0.717) is 80.9 Å². The summed E-state index contributed by atoms with van der Waals surface area (Å²) in [7, 11) is 0. The second-order valence-electron chi connectivity index (χ2n) is 21.4. The largest absolute Gasteiger partial charge is 0.448 e. The zero-order valence-electron chi connectivity index (χ0n) is 36.5. The predicted molar refractivity (Wildman–Crippen MR) is 223 cm³/mol. The van der Waals surface area contributed by atoms with Gasteiger partial charge in [0.05, 0.1) is 29.2 Å². The van der Waals surface area contributed by atoms with E-state index in [1.807, 2.05) is 37.8 Å². The Balaban J connectivity index is 1.22. The maximum atomic E-state index is 15.5. The number of esters is 1. The van der Waals surface area contributed by atoms with Crippen molar-refractivity contribution in [3.05, 3.63) is 81.9 Å². The van der Waals surface area contributed by atoms with E-state index >= 15 is 4.79 Å². The van der Waals surface area contributed by atoms with Crippen molar-refractivity contribution in [3.63, 3.8) is 0 Å². The molecule has 326 valence electrons. The van der Waals surface area contributed by atoms with Crippen LogP contribution in [0.2, 0.25) is 0 Å². The molecule has 8 aliphatic rings. The molecular weight excluding hydrogens is 768 g/mol. The van der Waals surface area contributed by atoms with Crippen LogP contribution in [0, 0.1) is 39.4 Å². The van der Waals surface area contributed by atoms with Crippen LogP contribution in [0.3, 0.4) is 0 Å². The number of halogens is 3. The Kier molecular flexibility index (Phi) is 10.5. The molecule has 0 radical (unpaired) electrons. The van der Waals surface area contributed by atoms with Crippen LogP contribution < -0.4 is 0 Å². The van der Waals surface area contributed by atoms with E-state index < -0.39 is 57.0 Å².